The van der Waals surface area contributed by atoms with E-state index >= 15 is 0 Å². The summed E-state index contributed by atoms with van der Waals surface area (Å²) in [5, 5.41) is 9.51. The lowest BCUT2D eigenvalue weighted by atomic mass is 10.2. The summed E-state index contributed by atoms with van der Waals surface area (Å²) in [6.45, 7) is 0. The summed E-state index contributed by atoms with van der Waals surface area (Å²) in [6, 6.07) is 0. The number of nitrogens with two attached hydrogens (primary N) is 1. The first-order valence-corrected chi connectivity index (χ1v) is 4.65. The quantitative estimate of drug-likeness (QED) is 0.693. The van der Waals surface area contributed by atoms with E-state index in [1.54, 1.807) is 0 Å². The van der Waals surface area contributed by atoms with Gasteiger partial charge in [0, 0.05) is 0 Å². The Hall–Kier alpha value is -1.03. The van der Waals surface area contributed by atoms with E-state index in [1.807, 2.05) is 0 Å². The fourth-order valence-electron chi connectivity index (χ4n) is 1.67. The maximum atomic E-state index is 10.7. The summed E-state index contributed by atoms with van der Waals surface area (Å²) in [5.74, 6) is -0.838. The molecule has 2 rings (SSSR count). The minimum atomic E-state index is -0.838. The van der Waals surface area contributed by atoms with Crippen LogP contribution in [0, 0.1) is 0 Å². The maximum Gasteiger partial charge on any atom is 0.346 e. The topological polar surface area (TPSA) is 63.3 Å². The molecule has 0 atom stereocenters. The van der Waals surface area contributed by atoms with E-state index in [9.17, 15) is 4.79 Å². The Morgan fingerprint density at radius 1 is 1.42 bits per heavy atom. The minimum Gasteiger partial charge on any atom is -0.477 e. The fraction of sp³-hybridized carbons (Fsp3) is 0.375. The lowest BCUT2D eigenvalue weighted by Crippen LogP contribution is -1.95. The summed E-state index contributed by atoms with van der Waals surface area (Å²) >= 11 is 1.20. The summed E-state index contributed by atoms with van der Waals surface area (Å²) in [6.07, 6.45) is 2.87. The van der Waals surface area contributed by atoms with Crippen molar-refractivity contribution in [3.8, 4) is 0 Å². The largest absolute Gasteiger partial charge is 0.477 e. The first kappa shape index (κ1) is 7.61. The molecule has 64 valence electrons. The fourth-order valence-corrected chi connectivity index (χ4v) is 2.68. The van der Waals surface area contributed by atoms with E-state index in [2.05, 4.69) is 0 Å². The number of carboxylic acids is 1. The predicted octanol–water partition coefficient (Wildman–Crippen LogP) is 1.52. The van der Waals surface area contributed by atoms with Crippen molar-refractivity contribution in [2.24, 2.45) is 0 Å². The highest BCUT2D eigenvalue weighted by Crippen LogP contribution is 2.37. The highest BCUT2D eigenvalue weighted by Gasteiger charge is 2.24. The molecule has 1 aliphatic rings. The van der Waals surface area contributed by atoms with Crippen LogP contribution in [0.25, 0.3) is 0 Å². The predicted molar refractivity (Wildman–Crippen MR) is 47.7 cm³/mol. The molecule has 0 fully saturated rings. The SMILES string of the molecule is Nc1sc(C(=O)O)c2c1CCC2. The van der Waals surface area contributed by atoms with Crippen molar-refractivity contribution in [3.63, 3.8) is 0 Å². The lowest BCUT2D eigenvalue weighted by Gasteiger charge is -1.90. The second-order valence-corrected chi connectivity index (χ2v) is 3.96. The van der Waals surface area contributed by atoms with E-state index in [-0.39, 0.29) is 0 Å². The molecule has 1 aromatic rings. The first-order chi connectivity index (χ1) is 5.70. The normalized spacial score (nSPS) is 14.7. The van der Waals surface area contributed by atoms with Gasteiger partial charge in [0.15, 0.2) is 0 Å². The molecule has 0 saturated heterocycles. The molecule has 3 nitrogen and oxygen atoms in total. The molecule has 1 heterocycles. The number of rotatable bonds is 1. The number of fused-ring (bicyclic) bond motifs is 1. The molecular formula is C8H9NO2S. The standard InChI is InChI=1S/C8H9NO2S/c9-7-5-3-1-2-4(5)6(12-7)8(10)11/h1-3,9H2,(H,10,11). The second kappa shape index (κ2) is 2.48. The number of carbonyl (C=O) groups is 1. The van der Waals surface area contributed by atoms with Crippen molar-refractivity contribution >= 4 is 22.3 Å². The van der Waals surface area contributed by atoms with Crippen LogP contribution in [0.15, 0.2) is 0 Å². The molecule has 0 radical (unpaired) electrons. The van der Waals surface area contributed by atoms with Gasteiger partial charge in [-0.1, -0.05) is 0 Å². The van der Waals surface area contributed by atoms with Gasteiger partial charge in [-0.2, -0.15) is 0 Å². The van der Waals surface area contributed by atoms with Crippen LogP contribution in [0.2, 0.25) is 0 Å². The number of aromatic carboxylic acids is 1. The van der Waals surface area contributed by atoms with Crippen LogP contribution in [0.4, 0.5) is 5.00 Å². The lowest BCUT2D eigenvalue weighted by molar-refractivity contribution is 0.0701. The molecule has 0 aliphatic heterocycles. The summed E-state index contributed by atoms with van der Waals surface area (Å²) in [4.78, 5) is 11.2. The Labute approximate surface area is 73.8 Å². The van der Waals surface area contributed by atoms with Gasteiger partial charge in [0.1, 0.15) is 4.88 Å². The Morgan fingerprint density at radius 2 is 2.08 bits per heavy atom. The van der Waals surface area contributed by atoms with Gasteiger partial charge in [0.05, 0.1) is 5.00 Å². The third-order valence-electron chi connectivity index (χ3n) is 2.20. The zero-order valence-electron chi connectivity index (χ0n) is 6.46. The zero-order valence-corrected chi connectivity index (χ0v) is 7.28. The van der Waals surface area contributed by atoms with Crippen molar-refractivity contribution in [2.75, 3.05) is 5.73 Å². The average molecular weight is 183 g/mol. The van der Waals surface area contributed by atoms with Crippen LogP contribution in [0.1, 0.15) is 27.2 Å². The van der Waals surface area contributed by atoms with E-state index in [0.29, 0.717) is 9.88 Å². The van der Waals surface area contributed by atoms with Crippen LogP contribution >= 0.6 is 11.3 Å². The van der Waals surface area contributed by atoms with Gasteiger partial charge in [-0.3, -0.25) is 0 Å². The molecule has 0 bridgehead atoms. The Bertz CT molecular complexity index is 343. The summed E-state index contributed by atoms with van der Waals surface area (Å²) < 4.78 is 0. The highest BCUT2D eigenvalue weighted by molar-refractivity contribution is 7.18. The average Bonchev–Trinajstić information content (AvgIpc) is 2.53. The number of hydrogen-bond donors (Lipinski definition) is 2. The van der Waals surface area contributed by atoms with Crippen molar-refractivity contribution in [2.45, 2.75) is 19.3 Å². The molecule has 3 N–H and O–H groups in total. The molecule has 0 unspecified atom stereocenters. The van der Waals surface area contributed by atoms with Crippen LogP contribution < -0.4 is 5.73 Å². The van der Waals surface area contributed by atoms with Gasteiger partial charge >= 0.3 is 5.97 Å². The van der Waals surface area contributed by atoms with Gasteiger partial charge < -0.3 is 10.8 Å². The Kier molecular flexibility index (Phi) is 1.58. The number of hydrogen-bond acceptors (Lipinski definition) is 3. The maximum absolute atomic E-state index is 10.7. The molecule has 4 heteroatoms. The van der Waals surface area contributed by atoms with E-state index in [4.69, 9.17) is 10.8 Å². The molecule has 0 aromatic carbocycles. The van der Waals surface area contributed by atoms with Crippen LogP contribution in [0.3, 0.4) is 0 Å². The van der Waals surface area contributed by atoms with Crippen molar-refractivity contribution in [3.05, 3.63) is 16.0 Å². The van der Waals surface area contributed by atoms with Crippen molar-refractivity contribution in [1.29, 1.82) is 0 Å². The van der Waals surface area contributed by atoms with Gasteiger partial charge in [-0.05, 0) is 30.4 Å². The Balaban J connectivity index is 2.58. The molecule has 0 amide bonds. The summed E-state index contributed by atoms with van der Waals surface area (Å²) in [5.41, 5.74) is 7.74. The first-order valence-electron chi connectivity index (χ1n) is 3.83. The van der Waals surface area contributed by atoms with Crippen LogP contribution in [-0.4, -0.2) is 11.1 Å². The van der Waals surface area contributed by atoms with Gasteiger partial charge in [-0.25, -0.2) is 4.79 Å². The number of nitrogen functional groups attached to an aromatic ring is 1. The van der Waals surface area contributed by atoms with Crippen LogP contribution in [-0.2, 0) is 12.8 Å². The molecule has 1 aliphatic carbocycles. The van der Waals surface area contributed by atoms with Gasteiger partial charge in [0.25, 0.3) is 0 Å². The minimum absolute atomic E-state index is 0.444. The molecular weight excluding hydrogens is 174 g/mol. The summed E-state index contributed by atoms with van der Waals surface area (Å²) in [7, 11) is 0. The van der Waals surface area contributed by atoms with Gasteiger partial charge in [-0.15, -0.1) is 11.3 Å². The van der Waals surface area contributed by atoms with E-state index < -0.39 is 5.97 Å². The second-order valence-electron chi connectivity index (χ2n) is 2.91. The third kappa shape index (κ3) is 0.914. The molecule has 0 spiro atoms. The number of anilines is 1. The molecule has 0 saturated carbocycles. The number of carboxylic acid groups (broad SMARTS) is 1. The van der Waals surface area contributed by atoms with Gasteiger partial charge in [0.2, 0.25) is 0 Å². The molecule has 1 aromatic heterocycles. The Morgan fingerprint density at radius 3 is 2.75 bits per heavy atom. The van der Waals surface area contributed by atoms with Crippen molar-refractivity contribution < 1.29 is 9.90 Å². The zero-order chi connectivity index (χ0) is 8.72. The van der Waals surface area contributed by atoms with Crippen molar-refractivity contribution in [1.82, 2.24) is 0 Å². The van der Waals surface area contributed by atoms with Crippen LogP contribution in [0.5, 0.6) is 0 Å². The third-order valence-corrected chi connectivity index (χ3v) is 3.29. The smallest absolute Gasteiger partial charge is 0.346 e. The van der Waals surface area contributed by atoms with E-state index in [1.165, 1.54) is 11.3 Å². The number of thiophene rings is 1. The highest BCUT2D eigenvalue weighted by atomic mass is 32.1. The monoisotopic (exact) mass is 183 g/mol. The molecule has 12 heavy (non-hydrogen) atoms. The van der Waals surface area contributed by atoms with E-state index in [0.717, 1.165) is 30.4 Å².